The van der Waals surface area contributed by atoms with Crippen molar-refractivity contribution in [3.05, 3.63) is 62.5 Å². The van der Waals surface area contributed by atoms with Gasteiger partial charge in [0.05, 0.1) is 23.9 Å². The lowest BCUT2D eigenvalue weighted by molar-refractivity contribution is -0.0930. The number of hydrogen-bond acceptors (Lipinski definition) is 6. The first-order valence-electron chi connectivity index (χ1n) is 9.80. The molecule has 2 unspecified atom stereocenters. The van der Waals surface area contributed by atoms with Crippen molar-refractivity contribution in [1.29, 1.82) is 0 Å². The zero-order chi connectivity index (χ0) is 23.3. The average Bonchev–Trinajstić information content (AvgIpc) is 3.23. The molecule has 172 valence electrons. The Morgan fingerprint density at radius 2 is 2.25 bits per heavy atom. The fourth-order valence-electron chi connectivity index (χ4n) is 3.24. The SMILES string of the molecule is O=C(O)c1cnc(CCCN2C(=O)OCCC2C=CC(O)C(F)(F)c2cccc(Br)c2)s1. The van der Waals surface area contributed by atoms with Gasteiger partial charge < -0.3 is 19.8 Å². The van der Waals surface area contributed by atoms with E-state index in [1.54, 1.807) is 6.07 Å². The molecule has 1 aromatic carbocycles. The molecule has 1 saturated heterocycles. The summed E-state index contributed by atoms with van der Waals surface area (Å²) in [4.78, 5) is 28.7. The molecule has 0 saturated carbocycles. The third-order valence-electron chi connectivity index (χ3n) is 4.92. The molecular formula is C21H21BrF2N2O5S. The maximum Gasteiger partial charge on any atom is 0.410 e. The van der Waals surface area contributed by atoms with E-state index in [1.165, 1.54) is 35.4 Å². The number of carbonyl (C=O) groups is 2. The van der Waals surface area contributed by atoms with Crippen LogP contribution in [0, 0.1) is 0 Å². The maximum absolute atomic E-state index is 14.6. The predicted octanol–water partition coefficient (Wildman–Crippen LogP) is 4.46. The van der Waals surface area contributed by atoms with Crippen LogP contribution in [0.2, 0.25) is 0 Å². The van der Waals surface area contributed by atoms with Gasteiger partial charge in [0, 0.05) is 29.4 Å². The number of aromatic nitrogens is 1. The fraction of sp³-hybridized carbons (Fsp3) is 0.381. The van der Waals surface area contributed by atoms with Crippen LogP contribution in [0.4, 0.5) is 13.6 Å². The van der Waals surface area contributed by atoms with Crippen LogP contribution in [0.15, 0.2) is 47.1 Å². The van der Waals surface area contributed by atoms with E-state index < -0.39 is 30.1 Å². The minimum Gasteiger partial charge on any atom is -0.477 e. The second kappa shape index (κ2) is 10.5. The molecule has 0 spiro atoms. The zero-order valence-electron chi connectivity index (χ0n) is 16.8. The van der Waals surface area contributed by atoms with Crippen LogP contribution in [0.1, 0.15) is 33.1 Å². The highest BCUT2D eigenvalue weighted by atomic mass is 79.9. The van der Waals surface area contributed by atoms with E-state index in [9.17, 15) is 23.5 Å². The largest absolute Gasteiger partial charge is 0.477 e. The fourth-order valence-corrected chi connectivity index (χ4v) is 4.44. The van der Waals surface area contributed by atoms with Gasteiger partial charge in [0.2, 0.25) is 0 Å². The van der Waals surface area contributed by atoms with Crippen molar-refractivity contribution in [2.45, 2.75) is 37.3 Å². The monoisotopic (exact) mass is 530 g/mol. The lowest BCUT2D eigenvalue weighted by Gasteiger charge is -2.33. The number of aromatic carboxylic acids is 1. The molecule has 7 nitrogen and oxygen atoms in total. The van der Waals surface area contributed by atoms with E-state index in [-0.39, 0.29) is 23.6 Å². The summed E-state index contributed by atoms with van der Waals surface area (Å²) in [6.07, 6.45) is 2.42. The van der Waals surface area contributed by atoms with Gasteiger partial charge in [0.15, 0.2) is 0 Å². The van der Waals surface area contributed by atoms with Crippen molar-refractivity contribution in [3.63, 3.8) is 0 Å². The number of aliphatic hydroxyl groups is 1. The molecule has 1 aromatic heterocycles. The Kier molecular flexibility index (Phi) is 7.96. The van der Waals surface area contributed by atoms with Gasteiger partial charge >= 0.3 is 18.0 Å². The van der Waals surface area contributed by atoms with E-state index in [2.05, 4.69) is 20.9 Å². The van der Waals surface area contributed by atoms with E-state index in [0.717, 1.165) is 17.4 Å². The molecule has 1 aliphatic heterocycles. The predicted molar refractivity (Wildman–Crippen MR) is 117 cm³/mol. The Balaban J connectivity index is 1.63. The quantitative estimate of drug-likeness (QED) is 0.464. The molecule has 2 atom stereocenters. The van der Waals surface area contributed by atoms with Crippen LogP contribution >= 0.6 is 27.3 Å². The van der Waals surface area contributed by atoms with E-state index in [1.807, 2.05) is 0 Å². The van der Waals surface area contributed by atoms with Gasteiger partial charge in [-0.1, -0.05) is 40.2 Å². The smallest absolute Gasteiger partial charge is 0.410 e. The highest BCUT2D eigenvalue weighted by Crippen LogP contribution is 2.34. The number of nitrogens with zero attached hydrogens (tertiary/aromatic N) is 2. The van der Waals surface area contributed by atoms with Gasteiger partial charge in [-0.2, -0.15) is 8.78 Å². The number of thiazole rings is 1. The number of aryl methyl sites for hydroxylation is 1. The summed E-state index contributed by atoms with van der Waals surface area (Å²) in [6, 6.07) is 5.05. The minimum atomic E-state index is -3.51. The van der Waals surface area contributed by atoms with Crippen molar-refractivity contribution < 1.29 is 33.3 Å². The van der Waals surface area contributed by atoms with Gasteiger partial charge in [0.1, 0.15) is 11.0 Å². The molecule has 2 N–H and O–H groups in total. The minimum absolute atomic E-state index is 0.138. The topological polar surface area (TPSA) is 100.0 Å². The first-order valence-corrected chi connectivity index (χ1v) is 11.4. The van der Waals surface area contributed by atoms with E-state index in [4.69, 9.17) is 9.84 Å². The van der Waals surface area contributed by atoms with Gasteiger partial charge in [0.25, 0.3) is 0 Å². The maximum atomic E-state index is 14.6. The normalized spacial score (nSPS) is 18.1. The summed E-state index contributed by atoms with van der Waals surface area (Å²) in [5, 5.41) is 19.7. The molecule has 2 heterocycles. The number of rotatable bonds is 9. The zero-order valence-corrected chi connectivity index (χ0v) is 19.2. The summed E-state index contributed by atoms with van der Waals surface area (Å²) >= 11 is 4.21. The van der Waals surface area contributed by atoms with Crippen LogP contribution in [-0.2, 0) is 17.1 Å². The summed E-state index contributed by atoms with van der Waals surface area (Å²) in [5.74, 6) is -4.55. The highest BCUT2D eigenvalue weighted by molar-refractivity contribution is 9.10. The number of aliphatic hydroxyl groups excluding tert-OH is 1. The van der Waals surface area contributed by atoms with Crippen LogP contribution in [0.25, 0.3) is 0 Å². The highest BCUT2D eigenvalue weighted by Gasteiger charge is 2.39. The third-order valence-corrected chi connectivity index (χ3v) is 6.46. The Bertz CT molecular complexity index is 1000. The van der Waals surface area contributed by atoms with Crippen molar-refractivity contribution in [2.24, 2.45) is 0 Å². The number of amides is 1. The van der Waals surface area contributed by atoms with Crippen molar-refractivity contribution in [1.82, 2.24) is 9.88 Å². The number of carboxylic acids is 1. The van der Waals surface area contributed by atoms with Crippen LogP contribution in [0.5, 0.6) is 0 Å². The number of carboxylic acid groups (broad SMARTS) is 1. The van der Waals surface area contributed by atoms with Gasteiger partial charge in [-0.3, -0.25) is 0 Å². The molecule has 0 bridgehead atoms. The standard InChI is InChI=1S/C21H21BrF2N2O5S/c22-14-4-1-3-13(11-14)21(23,24)17(27)7-6-15-8-10-31-20(30)26(15)9-2-5-18-25-12-16(32-18)19(28)29/h1,3-4,6-7,11-12,15,17,27H,2,5,8-10H2,(H,28,29). The number of benzene rings is 1. The Morgan fingerprint density at radius 1 is 1.47 bits per heavy atom. The second-order valence-corrected chi connectivity index (χ2v) is 9.18. The lowest BCUT2D eigenvalue weighted by Crippen LogP contribution is -2.45. The summed E-state index contributed by atoms with van der Waals surface area (Å²) < 4.78 is 34.8. The number of ether oxygens (including phenoxy) is 1. The summed E-state index contributed by atoms with van der Waals surface area (Å²) in [6.45, 7) is 0.421. The molecular weight excluding hydrogens is 510 g/mol. The van der Waals surface area contributed by atoms with Crippen molar-refractivity contribution in [3.8, 4) is 0 Å². The summed E-state index contributed by atoms with van der Waals surface area (Å²) in [7, 11) is 0. The van der Waals surface area contributed by atoms with Gasteiger partial charge in [-0.25, -0.2) is 14.6 Å². The molecule has 0 aliphatic carbocycles. The first-order chi connectivity index (χ1) is 15.2. The molecule has 11 heteroatoms. The number of halogens is 3. The van der Waals surface area contributed by atoms with E-state index >= 15 is 0 Å². The first kappa shape index (κ1) is 24.3. The molecule has 2 aromatic rings. The van der Waals surface area contributed by atoms with Gasteiger partial charge in [-0.05, 0) is 18.6 Å². The van der Waals surface area contributed by atoms with Gasteiger partial charge in [-0.15, -0.1) is 11.3 Å². The third kappa shape index (κ3) is 5.90. The van der Waals surface area contributed by atoms with E-state index in [0.29, 0.717) is 28.7 Å². The average molecular weight is 531 g/mol. The molecule has 1 amide bonds. The molecule has 3 rings (SSSR count). The number of cyclic esters (lactones) is 1. The molecule has 32 heavy (non-hydrogen) atoms. The molecule has 1 fully saturated rings. The number of alkyl halides is 2. The Morgan fingerprint density at radius 3 is 2.94 bits per heavy atom. The Labute approximate surface area is 195 Å². The summed E-state index contributed by atoms with van der Waals surface area (Å²) in [5.41, 5.74) is -0.326. The Hall–Kier alpha value is -2.37. The second-order valence-electron chi connectivity index (χ2n) is 7.15. The van der Waals surface area contributed by atoms with Crippen LogP contribution in [0.3, 0.4) is 0 Å². The van der Waals surface area contributed by atoms with Crippen LogP contribution < -0.4 is 0 Å². The molecule has 1 aliphatic rings. The number of hydrogen-bond donors (Lipinski definition) is 2. The molecule has 0 radical (unpaired) electrons. The van der Waals surface area contributed by atoms with Crippen molar-refractivity contribution >= 4 is 39.3 Å². The lowest BCUT2D eigenvalue weighted by atomic mass is 10.0. The van der Waals surface area contributed by atoms with Crippen molar-refractivity contribution in [2.75, 3.05) is 13.2 Å². The van der Waals surface area contributed by atoms with Crippen LogP contribution in [-0.4, -0.2) is 57.5 Å². The number of carbonyl (C=O) groups excluding carboxylic acids is 1.